The van der Waals surface area contributed by atoms with Crippen LogP contribution in [-0.4, -0.2) is 36.2 Å². The van der Waals surface area contributed by atoms with Crippen molar-refractivity contribution < 1.29 is 4.74 Å². The molecule has 1 aromatic carbocycles. The maximum Gasteiger partial charge on any atom is 0.0678 e. The van der Waals surface area contributed by atoms with Gasteiger partial charge in [-0.1, -0.05) is 30.7 Å². The summed E-state index contributed by atoms with van der Waals surface area (Å²) in [5, 5.41) is 0.765. The molecule has 0 bridgehead atoms. The van der Waals surface area contributed by atoms with Crippen LogP contribution in [0.25, 0.3) is 0 Å². The summed E-state index contributed by atoms with van der Waals surface area (Å²) in [6.45, 7) is 8.23. The third-order valence-electron chi connectivity index (χ3n) is 3.93. The minimum atomic E-state index is 0.119. The van der Waals surface area contributed by atoms with Gasteiger partial charge in [-0.3, -0.25) is 4.90 Å². The Labute approximate surface area is 127 Å². The number of halogens is 1. The summed E-state index contributed by atoms with van der Waals surface area (Å²) in [6.07, 6.45) is 1.45. The first kappa shape index (κ1) is 15.8. The Bertz CT molecular complexity index is 413. The minimum absolute atomic E-state index is 0.119. The lowest BCUT2D eigenvalue weighted by molar-refractivity contribution is -0.0838. The van der Waals surface area contributed by atoms with Gasteiger partial charge in [0.1, 0.15) is 0 Å². The van der Waals surface area contributed by atoms with E-state index in [0.29, 0.717) is 0 Å². The van der Waals surface area contributed by atoms with E-state index >= 15 is 0 Å². The van der Waals surface area contributed by atoms with E-state index in [-0.39, 0.29) is 24.3 Å². The van der Waals surface area contributed by atoms with E-state index < -0.39 is 0 Å². The average Bonchev–Trinajstić information content (AvgIpc) is 2.40. The Morgan fingerprint density at radius 3 is 2.30 bits per heavy atom. The van der Waals surface area contributed by atoms with Crippen LogP contribution in [0.4, 0.5) is 0 Å². The molecule has 2 rings (SSSR count). The molecule has 0 aromatic heterocycles. The smallest absolute Gasteiger partial charge is 0.0678 e. The third kappa shape index (κ3) is 3.73. The van der Waals surface area contributed by atoms with Crippen molar-refractivity contribution in [2.24, 2.45) is 5.73 Å². The normalized spacial score (nSPS) is 27.2. The predicted molar refractivity (Wildman–Crippen MR) is 84.0 cm³/mol. The molecule has 3 nitrogen and oxygen atoms in total. The van der Waals surface area contributed by atoms with Gasteiger partial charge in [0.15, 0.2) is 0 Å². The summed E-state index contributed by atoms with van der Waals surface area (Å²) in [7, 11) is 0. The first-order valence-corrected chi connectivity index (χ1v) is 7.79. The molecular weight excluding hydrogens is 272 g/mol. The second kappa shape index (κ2) is 6.90. The summed E-state index contributed by atoms with van der Waals surface area (Å²) in [5.74, 6) is 0. The van der Waals surface area contributed by atoms with Crippen molar-refractivity contribution in [3.63, 3.8) is 0 Å². The third-order valence-corrected chi connectivity index (χ3v) is 4.18. The van der Waals surface area contributed by atoms with Crippen molar-refractivity contribution in [2.45, 2.75) is 51.5 Å². The van der Waals surface area contributed by atoms with Gasteiger partial charge in [0, 0.05) is 24.2 Å². The highest BCUT2D eigenvalue weighted by molar-refractivity contribution is 6.30. The van der Waals surface area contributed by atoms with Gasteiger partial charge in [-0.05, 0) is 38.0 Å². The molecule has 4 heteroatoms. The molecule has 20 heavy (non-hydrogen) atoms. The number of nitrogens with two attached hydrogens (primary N) is 1. The molecule has 1 aromatic rings. The van der Waals surface area contributed by atoms with E-state index in [4.69, 9.17) is 22.1 Å². The van der Waals surface area contributed by atoms with Gasteiger partial charge in [-0.2, -0.15) is 0 Å². The summed E-state index contributed by atoms with van der Waals surface area (Å²) < 4.78 is 5.83. The number of rotatable bonds is 4. The van der Waals surface area contributed by atoms with Crippen molar-refractivity contribution in [1.82, 2.24) is 4.90 Å². The molecule has 112 valence electrons. The van der Waals surface area contributed by atoms with Crippen molar-refractivity contribution >= 4 is 11.6 Å². The van der Waals surface area contributed by atoms with Crippen molar-refractivity contribution in [3.8, 4) is 0 Å². The zero-order chi connectivity index (χ0) is 14.7. The molecule has 0 radical (unpaired) electrons. The Kier molecular flexibility index (Phi) is 5.44. The van der Waals surface area contributed by atoms with E-state index in [0.717, 1.165) is 24.5 Å². The highest BCUT2D eigenvalue weighted by atomic mass is 35.5. The highest BCUT2D eigenvalue weighted by Gasteiger charge is 2.31. The van der Waals surface area contributed by atoms with Crippen LogP contribution in [0.5, 0.6) is 0 Å². The molecule has 0 aliphatic carbocycles. The fourth-order valence-electron chi connectivity index (χ4n) is 3.06. The zero-order valence-corrected chi connectivity index (χ0v) is 13.3. The van der Waals surface area contributed by atoms with Crippen molar-refractivity contribution in [3.05, 3.63) is 34.9 Å². The van der Waals surface area contributed by atoms with Gasteiger partial charge in [-0.25, -0.2) is 0 Å². The summed E-state index contributed by atoms with van der Waals surface area (Å²) >= 11 is 6.00. The van der Waals surface area contributed by atoms with Crippen LogP contribution in [0.2, 0.25) is 5.02 Å². The maximum atomic E-state index is 6.39. The molecule has 2 unspecified atom stereocenters. The molecule has 1 fully saturated rings. The van der Waals surface area contributed by atoms with Crippen LogP contribution in [0.3, 0.4) is 0 Å². The quantitative estimate of drug-likeness (QED) is 0.927. The van der Waals surface area contributed by atoms with E-state index in [1.54, 1.807) is 0 Å². The molecule has 0 amide bonds. The van der Waals surface area contributed by atoms with Crippen LogP contribution < -0.4 is 5.73 Å². The number of hydrogen-bond donors (Lipinski definition) is 1. The second-order valence-corrected chi connectivity index (χ2v) is 6.22. The molecule has 2 N–H and O–H groups in total. The summed E-state index contributed by atoms with van der Waals surface area (Å²) in [5.41, 5.74) is 7.63. The first-order valence-electron chi connectivity index (χ1n) is 7.41. The molecule has 1 saturated heterocycles. The van der Waals surface area contributed by atoms with Crippen LogP contribution in [0.1, 0.15) is 38.8 Å². The maximum absolute atomic E-state index is 6.39. The van der Waals surface area contributed by atoms with Gasteiger partial charge in [0.25, 0.3) is 0 Å². The lowest BCUT2D eigenvalue weighted by Gasteiger charge is -2.42. The Balaban J connectivity index is 2.25. The van der Waals surface area contributed by atoms with Gasteiger partial charge >= 0.3 is 0 Å². The largest absolute Gasteiger partial charge is 0.373 e. The standard InChI is InChI=1S/C16H25ClN2O/c1-4-15(18)16(13-5-7-14(17)8-6-13)19-9-11(2)20-12(3)10-19/h5-8,11-12,15-16H,4,9-10,18H2,1-3H3/t11-,12+,15?,16?. The molecular formula is C16H25ClN2O. The molecule has 1 heterocycles. The van der Waals surface area contributed by atoms with Crippen LogP contribution in [-0.2, 0) is 4.74 Å². The fraction of sp³-hybridized carbons (Fsp3) is 0.625. The fourth-order valence-corrected chi connectivity index (χ4v) is 3.18. The second-order valence-electron chi connectivity index (χ2n) is 5.78. The lowest BCUT2D eigenvalue weighted by atomic mass is 9.95. The van der Waals surface area contributed by atoms with Crippen molar-refractivity contribution in [2.75, 3.05) is 13.1 Å². The first-order chi connectivity index (χ1) is 9.51. The SMILES string of the molecule is CCC(N)C(c1ccc(Cl)cc1)N1C[C@@H](C)O[C@@H](C)C1. The predicted octanol–water partition coefficient (Wildman–Crippen LogP) is 3.23. The highest BCUT2D eigenvalue weighted by Crippen LogP contribution is 2.29. The van der Waals surface area contributed by atoms with Crippen LogP contribution >= 0.6 is 11.6 Å². The molecule has 1 aliphatic rings. The lowest BCUT2D eigenvalue weighted by Crippen LogP contribution is -2.51. The van der Waals surface area contributed by atoms with E-state index in [9.17, 15) is 0 Å². The Morgan fingerprint density at radius 2 is 1.80 bits per heavy atom. The van der Waals surface area contributed by atoms with E-state index in [1.165, 1.54) is 5.56 Å². The van der Waals surface area contributed by atoms with E-state index in [1.807, 2.05) is 12.1 Å². The van der Waals surface area contributed by atoms with Gasteiger partial charge in [0.2, 0.25) is 0 Å². The number of benzene rings is 1. The zero-order valence-electron chi connectivity index (χ0n) is 12.6. The Hall–Kier alpha value is -0.610. The number of morpholine rings is 1. The van der Waals surface area contributed by atoms with Crippen LogP contribution in [0, 0.1) is 0 Å². The molecule has 4 atom stereocenters. The number of nitrogens with zero attached hydrogens (tertiary/aromatic N) is 1. The molecule has 0 spiro atoms. The Morgan fingerprint density at radius 1 is 1.25 bits per heavy atom. The van der Waals surface area contributed by atoms with Gasteiger partial charge < -0.3 is 10.5 Å². The number of hydrogen-bond acceptors (Lipinski definition) is 3. The van der Waals surface area contributed by atoms with Gasteiger partial charge in [0.05, 0.1) is 18.2 Å². The van der Waals surface area contributed by atoms with E-state index in [2.05, 4.69) is 37.8 Å². The summed E-state index contributed by atoms with van der Waals surface area (Å²) in [6, 6.07) is 8.42. The molecule has 0 saturated carbocycles. The van der Waals surface area contributed by atoms with Crippen molar-refractivity contribution in [1.29, 1.82) is 0 Å². The van der Waals surface area contributed by atoms with Gasteiger partial charge in [-0.15, -0.1) is 0 Å². The monoisotopic (exact) mass is 296 g/mol. The van der Waals surface area contributed by atoms with Crippen LogP contribution in [0.15, 0.2) is 24.3 Å². The number of ether oxygens (including phenoxy) is 1. The minimum Gasteiger partial charge on any atom is -0.373 e. The summed E-state index contributed by atoms with van der Waals surface area (Å²) in [4.78, 5) is 2.45. The molecule has 1 aliphatic heterocycles. The topological polar surface area (TPSA) is 38.5 Å². The average molecular weight is 297 g/mol.